The molecule has 0 radical (unpaired) electrons. The molecule has 0 aliphatic carbocycles. The first-order valence-electron chi connectivity index (χ1n) is 8.20. The van der Waals surface area contributed by atoms with Crippen LogP contribution in [0.25, 0.3) is 10.8 Å². The van der Waals surface area contributed by atoms with Gasteiger partial charge in [0, 0.05) is 17.6 Å². The second-order valence-corrected chi connectivity index (χ2v) is 7.05. The summed E-state index contributed by atoms with van der Waals surface area (Å²) in [7, 11) is 0. The van der Waals surface area contributed by atoms with E-state index >= 15 is 0 Å². The zero-order valence-electron chi connectivity index (χ0n) is 14.2. The van der Waals surface area contributed by atoms with Crippen molar-refractivity contribution < 1.29 is 4.79 Å². The molecule has 1 heterocycles. The zero-order valence-corrected chi connectivity index (χ0v) is 15.0. The fourth-order valence-electron chi connectivity index (χ4n) is 2.59. The molecule has 0 spiro atoms. The number of hydrogen-bond acceptors (Lipinski definition) is 4. The molecule has 1 amide bonds. The molecule has 1 aromatic heterocycles. The molecule has 0 fully saturated rings. The average Bonchev–Trinajstić information content (AvgIpc) is 2.96. The van der Waals surface area contributed by atoms with Gasteiger partial charge in [-0.15, -0.1) is 5.10 Å². The Morgan fingerprint density at radius 3 is 2.84 bits per heavy atom. The van der Waals surface area contributed by atoms with Crippen LogP contribution in [0.4, 0.5) is 5.69 Å². The van der Waals surface area contributed by atoms with Crippen LogP contribution >= 0.6 is 11.8 Å². The number of amides is 1. The van der Waals surface area contributed by atoms with Gasteiger partial charge < -0.3 is 5.32 Å². The number of aromatic nitrogens is 3. The van der Waals surface area contributed by atoms with E-state index in [1.165, 1.54) is 11.8 Å². The minimum Gasteiger partial charge on any atom is -0.325 e. The van der Waals surface area contributed by atoms with E-state index in [2.05, 4.69) is 15.5 Å². The molecule has 25 heavy (non-hydrogen) atoms. The SMILES string of the molecule is CCCn1c(SC(C)C(=O)Nc2cccc3ccccc23)n[nH]c1=O. The fourth-order valence-corrected chi connectivity index (χ4v) is 3.48. The number of fused-ring (bicyclic) bond motifs is 1. The number of H-pyrrole nitrogens is 1. The predicted octanol–water partition coefficient (Wildman–Crippen LogP) is 3.25. The van der Waals surface area contributed by atoms with E-state index in [0.717, 1.165) is 22.9 Å². The van der Waals surface area contributed by atoms with Gasteiger partial charge in [-0.1, -0.05) is 55.1 Å². The molecular weight excluding hydrogens is 336 g/mol. The molecule has 1 unspecified atom stereocenters. The van der Waals surface area contributed by atoms with Crippen molar-refractivity contribution in [3.05, 3.63) is 52.9 Å². The molecule has 130 valence electrons. The highest BCUT2D eigenvalue weighted by atomic mass is 32.2. The number of nitrogens with zero attached hydrogens (tertiary/aromatic N) is 2. The van der Waals surface area contributed by atoms with Gasteiger partial charge in [0.25, 0.3) is 0 Å². The van der Waals surface area contributed by atoms with Crippen molar-refractivity contribution in [1.29, 1.82) is 0 Å². The van der Waals surface area contributed by atoms with E-state index < -0.39 is 0 Å². The van der Waals surface area contributed by atoms with E-state index in [1.54, 1.807) is 11.5 Å². The summed E-state index contributed by atoms with van der Waals surface area (Å²) in [4.78, 5) is 24.3. The number of aromatic amines is 1. The highest BCUT2D eigenvalue weighted by molar-refractivity contribution is 8.00. The van der Waals surface area contributed by atoms with Crippen LogP contribution in [0.1, 0.15) is 20.3 Å². The van der Waals surface area contributed by atoms with Crippen LogP contribution in [0.15, 0.2) is 52.4 Å². The van der Waals surface area contributed by atoms with Crippen LogP contribution in [0.3, 0.4) is 0 Å². The number of rotatable bonds is 6. The van der Waals surface area contributed by atoms with Crippen molar-refractivity contribution in [2.45, 2.75) is 37.2 Å². The minimum absolute atomic E-state index is 0.125. The maximum Gasteiger partial charge on any atom is 0.343 e. The van der Waals surface area contributed by atoms with E-state index in [4.69, 9.17) is 0 Å². The summed E-state index contributed by atoms with van der Waals surface area (Å²) in [6.07, 6.45) is 0.823. The molecule has 0 saturated heterocycles. The maximum atomic E-state index is 12.6. The molecule has 0 saturated carbocycles. The van der Waals surface area contributed by atoms with Crippen molar-refractivity contribution in [1.82, 2.24) is 14.8 Å². The normalized spacial score (nSPS) is 12.2. The van der Waals surface area contributed by atoms with Crippen LogP contribution in [-0.4, -0.2) is 25.9 Å². The molecule has 1 atom stereocenters. The van der Waals surface area contributed by atoms with Crippen LogP contribution in [0, 0.1) is 0 Å². The Morgan fingerprint density at radius 1 is 1.28 bits per heavy atom. The lowest BCUT2D eigenvalue weighted by atomic mass is 10.1. The lowest BCUT2D eigenvalue weighted by molar-refractivity contribution is -0.115. The Balaban J connectivity index is 1.76. The number of carbonyl (C=O) groups excluding carboxylic acids is 1. The second-order valence-electron chi connectivity index (χ2n) is 5.74. The number of anilines is 1. The first-order chi connectivity index (χ1) is 12.1. The van der Waals surface area contributed by atoms with Crippen molar-refractivity contribution >= 4 is 34.1 Å². The highest BCUT2D eigenvalue weighted by Crippen LogP contribution is 2.25. The molecule has 0 aliphatic heterocycles. The van der Waals surface area contributed by atoms with Gasteiger partial charge in [-0.2, -0.15) is 0 Å². The van der Waals surface area contributed by atoms with Gasteiger partial charge in [0.05, 0.1) is 5.25 Å². The third kappa shape index (κ3) is 3.76. The monoisotopic (exact) mass is 356 g/mol. The zero-order chi connectivity index (χ0) is 17.8. The van der Waals surface area contributed by atoms with Crippen molar-refractivity contribution in [2.75, 3.05) is 5.32 Å². The molecule has 0 aliphatic rings. The summed E-state index contributed by atoms with van der Waals surface area (Å²) in [5, 5.41) is 11.7. The predicted molar refractivity (Wildman–Crippen MR) is 101 cm³/mol. The summed E-state index contributed by atoms with van der Waals surface area (Å²) >= 11 is 1.27. The van der Waals surface area contributed by atoms with Gasteiger partial charge in [-0.05, 0) is 24.8 Å². The van der Waals surface area contributed by atoms with Crippen molar-refractivity contribution in [3.63, 3.8) is 0 Å². The highest BCUT2D eigenvalue weighted by Gasteiger charge is 2.19. The number of nitrogens with one attached hydrogen (secondary N) is 2. The number of benzene rings is 2. The van der Waals surface area contributed by atoms with Crippen molar-refractivity contribution in [2.24, 2.45) is 0 Å². The van der Waals surface area contributed by atoms with Crippen molar-refractivity contribution in [3.8, 4) is 0 Å². The van der Waals surface area contributed by atoms with E-state index in [9.17, 15) is 9.59 Å². The van der Waals surface area contributed by atoms with Gasteiger partial charge in [0.15, 0.2) is 5.16 Å². The van der Waals surface area contributed by atoms with Crippen LogP contribution < -0.4 is 11.0 Å². The summed E-state index contributed by atoms with van der Waals surface area (Å²) < 4.78 is 1.56. The summed E-state index contributed by atoms with van der Waals surface area (Å²) in [6, 6.07) is 13.7. The fraction of sp³-hybridized carbons (Fsp3) is 0.278. The molecule has 0 bridgehead atoms. The average molecular weight is 356 g/mol. The standard InChI is InChI=1S/C18H20N4O2S/c1-3-11-22-17(24)20-21-18(22)25-12(2)16(23)19-15-10-6-8-13-7-4-5-9-14(13)15/h4-10,12H,3,11H2,1-2H3,(H,19,23)(H,20,24). The first kappa shape index (κ1) is 17.3. The Kier molecular flexibility index (Phi) is 5.23. The van der Waals surface area contributed by atoms with Gasteiger partial charge >= 0.3 is 5.69 Å². The van der Waals surface area contributed by atoms with Gasteiger partial charge in [0.2, 0.25) is 5.91 Å². The minimum atomic E-state index is -0.384. The molecule has 3 rings (SSSR count). The summed E-state index contributed by atoms with van der Waals surface area (Å²) in [5.74, 6) is -0.125. The maximum absolute atomic E-state index is 12.6. The quantitative estimate of drug-likeness (QED) is 0.665. The Hall–Kier alpha value is -2.54. The van der Waals surface area contributed by atoms with E-state index in [1.807, 2.05) is 49.4 Å². The van der Waals surface area contributed by atoms with Gasteiger partial charge in [-0.25, -0.2) is 9.89 Å². The molecule has 3 aromatic rings. The first-order valence-corrected chi connectivity index (χ1v) is 9.08. The Labute approximate surface area is 149 Å². The largest absolute Gasteiger partial charge is 0.343 e. The second kappa shape index (κ2) is 7.57. The number of hydrogen-bond donors (Lipinski definition) is 2. The third-order valence-electron chi connectivity index (χ3n) is 3.87. The lowest BCUT2D eigenvalue weighted by Gasteiger charge is -2.13. The van der Waals surface area contributed by atoms with Crippen LogP contribution in [0.5, 0.6) is 0 Å². The summed E-state index contributed by atoms with van der Waals surface area (Å²) in [5.41, 5.74) is 0.537. The number of thioether (sulfide) groups is 1. The topological polar surface area (TPSA) is 79.8 Å². The molecule has 2 aromatic carbocycles. The van der Waals surface area contributed by atoms with E-state index in [0.29, 0.717) is 11.7 Å². The van der Waals surface area contributed by atoms with Crippen LogP contribution in [-0.2, 0) is 11.3 Å². The van der Waals surface area contributed by atoms with Crippen LogP contribution in [0.2, 0.25) is 0 Å². The Morgan fingerprint density at radius 2 is 2.04 bits per heavy atom. The summed E-state index contributed by atoms with van der Waals surface area (Å²) in [6.45, 7) is 4.38. The lowest BCUT2D eigenvalue weighted by Crippen LogP contribution is -2.24. The molecule has 6 nitrogen and oxygen atoms in total. The molecule has 7 heteroatoms. The van der Waals surface area contributed by atoms with E-state index in [-0.39, 0.29) is 16.8 Å². The number of carbonyl (C=O) groups is 1. The molecule has 2 N–H and O–H groups in total. The van der Waals surface area contributed by atoms with Gasteiger partial charge in [0.1, 0.15) is 0 Å². The molecular formula is C18H20N4O2S. The smallest absolute Gasteiger partial charge is 0.325 e. The third-order valence-corrected chi connectivity index (χ3v) is 4.96. The Bertz CT molecular complexity index is 942. The van der Waals surface area contributed by atoms with Gasteiger partial charge in [-0.3, -0.25) is 9.36 Å².